The van der Waals surface area contributed by atoms with Crippen LogP contribution in [-0.4, -0.2) is 18.6 Å². The van der Waals surface area contributed by atoms with Gasteiger partial charge in [0.1, 0.15) is 6.04 Å². The first-order valence-corrected chi connectivity index (χ1v) is 6.19. The predicted octanol–water partition coefficient (Wildman–Crippen LogP) is 2.77. The average Bonchev–Trinajstić information content (AvgIpc) is 2.32. The van der Waals surface area contributed by atoms with Crippen LogP contribution in [0.15, 0.2) is 24.3 Å². The Morgan fingerprint density at radius 1 is 1.35 bits per heavy atom. The molecule has 0 spiro atoms. The number of hydrogen-bond acceptors (Lipinski definition) is 3. The molecular formula is C13H18ClNO2. The van der Waals surface area contributed by atoms with Gasteiger partial charge < -0.3 is 10.1 Å². The fraction of sp³-hybridized carbons (Fsp3) is 0.462. The molecule has 0 heterocycles. The fourth-order valence-corrected chi connectivity index (χ4v) is 1.61. The van der Waals surface area contributed by atoms with Crippen LogP contribution in [0.5, 0.6) is 0 Å². The smallest absolute Gasteiger partial charge is 0.323 e. The lowest BCUT2D eigenvalue weighted by Crippen LogP contribution is -2.37. The number of carbonyl (C=O) groups excluding carboxylic acids is 1. The van der Waals surface area contributed by atoms with Gasteiger partial charge in [0.2, 0.25) is 0 Å². The zero-order valence-corrected chi connectivity index (χ0v) is 11.0. The third kappa shape index (κ3) is 4.75. The summed E-state index contributed by atoms with van der Waals surface area (Å²) < 4.78 is 4.98. The molecule has 0 aliphatic carbocycles. The number of rotatable bonds is 6. The Morgan fingerprint density at radius 2 is 2.00 bits per heavy atom. The summed E-state index contributed by atoms with van der Waals surface area (Å²) in [5.74, 6) is -0.191. The van der Waals surface area contributed by atoms with Crippen LogP contribution in [0, 0.1) is 0 Å². The summed E-state index contributed by atoms with van der Waals surface area (Å²) in [6.07, 6.45) is 0.715. The molecule has 1 atom stereocenters. The minimum absolute atomic E-state index is 0.191. The van der Waals surface area contributed by atoms with Crippen molar-refractivity contribution in [2.24, 2.45) is 0 Å². The Hall–Kier alpha value is -1.06. The standard InChI is InChI=1S/C13H18ClNO2/c1-3-12(13(16)17-4-2)15-9-10-5-7-11(14)8-6-10/h5-8,12,15H,3-4,9H2,1-2H3. The van der Waals surface area contributed by atoms with Gasteiger partial charge in [-0.25, -0.2) is 0 Å². The average molecular weight is 256 g/mol. The zero-order chi connectivity index (χ0) is 12.7. The Morgan fingerprint density at radius 3 is 2.53 bits per heavy atom. The van der Waals surface area contributed by atoms with Crippen molar-refractivity contribution >= 4 is 17.6 Å². The molecule has 0 radical (unpaired) electrons. The summed E-state index contributed by atoms with van der Waals surface area (Å²) in [7, 11) is 0. The molecule has 94 valence electrons. The van der Waals surface area contributed by atoms with Crippen molar-refractivity contribution in [3.05, 3.63) is 34.9 Å². The van der Waals surface area contributed by atoms with E-state index in [9.17, 15) is 4.79 Å². The lowest BCUT2D eigenvalue weighted by atomic mass is 10.2. The van der Waals surface area contributed by atoms with E-state index >= 15 is 0 Å². The monoisotopic (exact) mass is 255 g/mol. The number of hydrogen-bond donors (Lipinski definition) is 1. The highest BCUT2D eigenvalue weighted by atomic mass is 35.5. The molecule has 0 aliphatic rings. The SMILES string of the molecule is CCOC(=O)C(CC)NCc1ccc(Cl)cc1. The molecule has 0 saturated carbocycles. The Kier molecular flexibility index (Phi) is 6.01. The first-order valence-electron chi connectivity index (χ1n) is 5.81. The van der Waals surface area contributed by atoms with Crippen LogP contribution in [0.4, 0.5) is 0 Å². The van der Waals surface area contributed by atoms with Gasteiger partial charge in [-0.3, -0.25) is 4.79 Å². The van der Waals surface area contributed by atoms with E-state index in [2.05, 4.69) is 5.32 Å². The van der Waals surface area contributed by atoms with Gasteiger partial charge in [0, 0.05) is 11.6 Å². The molecule has 17 heavy (non-hydrogen) atoms. The van der Waals surface area contributed by atoms with Crippen LogP contribution in [0.2, 0.25) is 5.02 Å². The number of benzene rings is 1. The Labute approximate surface area is 107 Å². The normalized spacial score (nSPS) is 12.2. The molecule has 0 saturated heterocycles. The lowest BCUT2D eigenvalue weighted by molar-refractivity contribution is -0.145. The summed E-state index contributed by atoms with van der Waals surface area (Å²) in [6.45, 7) is 4.81. The first-order chi connectivity index (χ1) is 8.17. The number of nitrogens with one attached hydrogen (secondary N) is 1. The molecule has 0 aliphatic heterocycles. The number of carbonyl (C=O) groups is 1. The highest BCUT2D eigenvalue weighted by Crippen LogP contribution is 2.09. The quantitative estimate of drug-likeness (QED) is 0.795. The number of ether oxygens (including phenoxy) is 1. The van der Waals surface area contributed by atoms with E-state index in [4.69, 9.17) is 16.3 Å². The van der Waals surface area contributed by atoms with Gasteiger partial charge in [-0.2, -0.15) is 0 Å². The van der Waals surface area contributed by atoms with Crippen molar-refractivity contribution < 1.29 is 9.53 Å². The number of halogens is 1. The van der Waals surface area contributed by atoms with E-state index in [1.54, 1.807) is 0 Å². The molecule has 0 aromatic heterocycles. The molecular weight excluding hydrogens is 238 g/mol. The Bertz CT molecular complexity index is 351. The van der Waals surface area contributed by atoms with Gasteiger partial charge in [0.15, 0.2) is 0 Å². The van der Waals surface area contributed by atoms with E-state index in [0.29, 0.717) is 24.6 Å². The second-order valence-electron chi connectivity index (χ2n) is 3.72. The van der Waals surface area contributed by atoms with Gasteiger partial charge >= 0.3 is 5.97 Å². The third-order valence-corrected chi connectivity index (χ3v) is 2.70. The molecule has 1 aromatic carbocycles. The van der Waals surface area contributed by atoms with Crippen molar-refractivity contribution in [1.29, 1.82) is 0 Å². The summed E-state index contributed by atoms with van der Waals surface area (Å²) in [5.41, 5.74) is 1.09. The van der Waals surface area contributed by atoms with Crippen LogP contribution in [0.1, 0.15) is 25.8 Å². The van der Waals surface area contributed by atoms with E-state index in [-0.39, 0.29) is 12.0 Å². The summed E-state index contributed by atoms with van der Waals surface area (Å²) in [4.78, 5) is 11.5. The predicted molar refractivity (Wildman–Crippen MR) is 69.0 cm³/mol. The van der Waals surface area contributed by atoms with Crippen LogP contribution >= 0.6 is 11.6 Å². The zero-order valence-electron chi connectivity index (χ0n) is 10.2. The maximum Gasteiger partial charge on any atom is 0.323 e. The lowest BCUT2D eigenvalue weighted by Gasteiger charge is -2.15. The molecule has 0 fully saturated rings. The molecule has 1 N–H and O–H groups in total. The Balaban J connectivity index is 2.47. The summed E-state index contributed by atoms with van der Waals surface area (Å²) in [5, 5.41) is 3.89. The van der Waals surface area contributed by atoms with Crippen LogP contribution in [0.3, 0.4) is 0 Å². The van der Waals surface area contributed by atoms with E-state index in [0.717, 1.165) is 5.56 Å². The van der Waals surface area contributed by atoms with E-state index < -0.39 is 0 Å². The maximum atomic E-state index is 11.5. The van der Waals surface area contributed by atoms with Crippen molar-refractivity contribution in [2.75, 3.05) is 6.61 Å². The second-order valence-corrected chi connectivity index (χ2v) is 4.16. The summed E-state index contributed by atoms with van der Waals surface area (Å²) in [6, 6.07) is 7.30. The minimum Gasteiger partial charge on any atom is -0.465 e. The van der Waals surface area contributed by atoms with Crippen LogP contribution < -0.4 is 5.32 Å². The largest absolute Gasteiger partial charge is 0.465 e. The minimum atomic E-state index is -0.245. The maximum absolute atomic E-state index is 11.5. The second kappa shape index (κ2) is 7.30. The third-order valence-electron chi connectivity index (χ3n) is 2.45. The van der Waals surface area contributed by atoms with Gasteiger partial charge in [0.25, 0.3) is 0 Å². The summed E-state index contributed by atoms with van der Waals surface area (Å²) >= 11 is 5.80. The highest BCUT2D eigenvalue weighted by molar-refractivity contribution is 6.30. The molecule has 1 unspecified atom stereocenters. The van der Waals surface area contributed by atoms with Gasteiger partial charge in [-0.05, 0) is 31.0 Å². The van der Waals surface area contributed by atoms with Crippen molar-refractivity contribution in [2.45, 2.75) is 32.9 Å². The van der Waals surface area contributed by atoms with Crippen LogP contribution in [0.25, 0.3) is 0 Å². The van der Waals surface area contributed by atoms with Gasteiger partial charge in [-0.15, -0.1) is 0 Å². The molecule has 1 rings (SSSR count). The van der Waals surface area contributed by atoms with Crippen molar-refractivity contribution in [1.82, 2.24) is 5.32 Å². The van der Waals surface area contributed by atoms with Crippen molar-refractivity contribution in [3.63, 3.8) is 0 Å². The van der Waals surface area contributed by atoms with E-state index in [1.165, 1.54) is 0 Å². The molecule has 1 aromatic rings. The molecule has 0 amide bonds. The van der Waals surface area contributed by atoms with Gasteiger partial charge in [0.05, 0.1) is 6.61 Å². The topological polar surface area (TPSA) is 38.3 Å². The highest BCUT2D eigenvalue weighted by Gasteiger charge is 2.16. The van der Waals surface area contributed by atoms with Gasteiger partial charge in [-0.1, -0.05) is 30.7 Å². The number of esters is 1. The fourth-order valence-electron chi connectivity index (χ4n) is 1.48. The first kappa shape index (κ1) is 14.0. The van der Waals surface area contributed by atoms with E-state index in [1.807, 2.05) is 38.1 Å². The van der Waals surface area contributed by atoms with Crippen LogP contribution in [-0.2, 0) is 16.1 Å². The van der Waals surface area contributed by atoms with Crippen molar-refractivity contribution in [3.8, 4) is 0 Å². The molecule has 3 nitrogen and oxygen atoms in total. The molecule has 0 bridgehead atoms. The molecule has 4 heteroatoms.